The van der Waals surface area contributed by atoms with Gasteiger partial charge in [0.15, 0.2) is 0 Å². The molecule has 0 N–H and O–H groups in total. The number of aryl methyl sites for hydroxylation is 2. The summed E-state index contributed by atoms with van der Waals surface area (Å²) in [5, 5.41) is 8.96. The topological polar surface area (TPSA) is 48.1 Å². The molecule has 0 aromatic carbocycles. The van der Waals surface area contributed by atoms with Gasteiger partial charge in [-0.2, -0.15) is 10.2 Å². The highest BCUT2D eigenvalue weighted by molar-refractivity contribution is 5.25. The highest BCUT2D eigenvalue weighted by atomic mass is 16.5. The SMILES string of the molecule is Cn1cc(CN2Cc3cn(C)nc3[C@H](COCC3CC3)C2)cn1. The molecule has 0 unspecified atom stereocenters. The van der Waals surface area contributed by atoms with Gasteiger partial charge in [-0.3, -0.25) is 14.3 Å². The monoisotopic (exact) mass is 315 g/mol. The molecule has 3 heterocycles. The lowest BCUT2D eigenvalue weighted by molar-refractivity contribution is 0.0881. The molecule has 2 aromatic rings. The van der Waals surface area contributed by atoms with Crippen LogP contribution in [0.3, 0.4) is 0 Å². The van der Waals surface area contributed by atoms with Crippen molar-refractivity contribution in [1.82, 2.24) is 24.5 Å². The van der Waals surface area contributed by atoms with Gasteiger partial charge in [-0.1, -0.05) is 0 Å². The Bertz CT molecular complexity index is 672. The molecule has 1 aliphatic carbocycles. The molecule has 6 nitrogen and oxygen atoms in total. The van der Waals surface area contributed by atoms with Crippen LogP contribution < -0.4 is 0 Å². The van der Waals surface area contributed by atoms with Crippen LogP contribution in [-0.4, -0.2) is 44.2 Å². The van der Waals surface area contributed by atoms with Crippen LogP contribution in [0.1, 0.15) is 35.6 Å². The second-order valence-corrected chi connectivity index (χ2v) is 7.08. The van der Waals surface area contributed by atoms with E-state index in [0.29, 0.717) is 5.92 Å². The van der Waals surface area contributed by atoms with Gasteiger partial charge in [0.2, 0.25) is 0 Å². The van der Waals surface area contributed by atoms with E-state index in [-0.39, 0.29) is 0 Å². The van der Waals surface area contributed by atoms with Gasteiger partial charge in [0.25, 0.3) is 0 Å². The lowest BCUT2D eigenvalue weighted by Gasteiger charge is -2.31. The van der Waals surface area contributed by atoms with Gasteiger partial charge in [0, 0.05) is 69.8 Å². The van der Waals surface area contributed by atoms with E-state index >= 15 is 0 Å². The molecule has 1 atom stereocenters. The highest BCUT2D eigenvalue weighted by Crippen LogP contribution is 2.31. The Hall–Kier alpha value is -1.66. The number of hydrogen-bond donors (Lipinski definition) is 0. The first-order valence-corrected chi connectivity index (χ1v) is 8.47. The number of rotatable bonds is 6. The summed E-state index contributed by atoms with van der Waals surface area (Å²) in [5.41, 5.74) is 3.82. The standard InChI is InChI=1S/C17H25N5O/c1-20-6-14(5-18-20)7-22-9-15-8-21(2)19-17(15)16(10-22)12-23-11-13-3-4-13/h5-6,8,13,16H,3-4,7,9-12H2,1-2H3/t16-/m0/s1. The highest BCUT2D eigenvalue weighted by Gasteiger charge is 2.29. The Morgan fingerprint density at radius 1 is 1.17 bits per heavy atom. The van der Waals surface area contributed by atoms with Gasteiger partial charge in [-0.25, -0.2) is 0 Å². The lowest BCUT2D eigenvalue weighted by Crippen LogP contribution is -2.34. The van der Waals surface area contributed by atoms with Gasteiger partial charge >= 0.3 is 0 Å². The molecule has 23 heavy (non-hydrogen) atoms. The van der Waals surface area contributed by atoms with E-state index in [0.717, 1.165) is 38.8 Å². The summed E-state index contributed by atoms with van der Waals surface area (Å²) in [4.78, 5) is 2.48. The molecule has 2 aromatic heterocycles. The molecule has 124 valence electrons. The summed E-state index contributed by atoms with van der Waals surface area (Å²) in [6.45, 7) is 4.59. The van der Waals surface area contributed by atoms with Gasteiger partial charge in [-0.05, 0) is 18.8 Å². The van der Waals surface area contributed by atoms with Crippen molar-refractivity contribution >= 4 is 0 Å². The molecule has 0 amide bonds. The third-order valence-corrected chi connectivity index (χ3v) is 4.73. The Balaban J connectivity index is 1.45. The summed E-state index contributed by atoms with van der Waals surface area (Å²) < 4.78 is 9.78. The maximum Gasteiger partial charge on any atom is 0.0736 e. The first kappa shape index (κ1) is 14.9. The van der Waals surface area contributed by atoms with Crippen molar-refractivity contribution in [2.45, 2.75) is 31.8 Å². The van der Waals surface area contributed by atoms with Crippen LogP contribution in [0.4, 0.5) is 0 Å². The van der Waals surface area contributed by atoms with Crippen molar-refractivity contribution in [3.63, 3.8) is 0 Å². The Morgan fingerprint density at radius 3 is 2.78 bits per heavy atom. The van der Waals surface area contributed by atoms with Crippen LogP contribution >= 0.6 is 0 Å². The van der Waals surface area contributed by atoms with Gasteiger partial charge < -0.3 is 4.74 Å². The van der Waals surface area contributed by atoms with Crippen LogP contribution in [-0.2, 0) is 31.9 Å². The molecular weight excluding hydrogens is 290 g/mol. The van der Waals surface area contributed by atoms with E-state index in [9.17, 15) is 0 Å². The molecule has 0 saturated heterocycles. The Kier molecular flexibility index (Phi) is 3.95. The fourth-order valence-corrected chi connectivity index (χ4v) is 3.45. The molecule has 1 aliphatic heterocycles. The molecule has 4 rings (SSSR count). The number of fused-ring (bicyclic) bond motifs is 1. The first-order chi connectivity index (χ1) is 11.2. The minimum absolute atomic E-state index is 0.371. The van der Waals surface area contributed by atoms with Crippen molar-refractivity contribution < 1.29 is 4.74 Å². The minimum atomic E-state index is 0.371. The normalized spacial score (nSPS) is 21.6. The number of nitrogens with zero attached hydrogens (tertiary/aromatic N) is 5. The largest absolute Gasteiger partial charge is 0.380 e. The maximum atomic E-state index is 5.97. The van der Waals surface area contributed by atoms with Crippen LogP contribution in [0, 0.1) is 5.92 Å². The zero-order chi connectivity index (χ0) is 15.8. The summed E-state index contributed by atoms with van der Waals surface area (Å²) in [7, 11) is 3.97. The summed E-state index contributed by atoms with van der Waals surface area (Å²) in [6, 6.07) is 0. The summed E-state index contributed by atoms with van der Waals surface area (Å²) in [6.07, 6.45) is 8.88. The molecule has 1 saturated carbocycles. The molecule has 0 radical (unpaired) electrons. The number of ether oxygens (including phenoxy) is 1. The molecule has 6 heteroatoms. The average Bonchev–Trinajstić information content (AvgIpc) is 3.12. The lowest BCUT2D eigenvalue weighted by atomic mass is 9.97. The van der Waals surface area contributed by atoms with Gasteiger partial charge in [0.1, 0.15) is 0 Å². The van der Waals surface area contributed by atoms with E-state index in [1.54, 1.807) is 0 Å². The molecular formula is C17H25N5O. The van der Waals surface area contributed by atoms with Crippen LogP contribution in [0.5, 0.6) is 0 Å². The quantitative estimate of drug-likeness (QED) is 0.814. The molecule has 0 spiro atoms. The fourth-order valence-electron chi connectivity index (χ4n) is 3.45. The van der Waals surface area contributed by atoms with Crippen LogP contribution in [0.2, 0.25) is 0 Å². The van der Waals surface area contributed by atoms with E-state index in [4.69, 9.17) is 4.74 Å². The van der Waals surface area contributed by atoms with E-state index in [1.165, 1.54) is 29.7 Å². The van der Waals surface area contributed by atoms with Crippen molar-refractivity contribution in [1.29, 1.82) is 0 Å². The average molecular weight is 315 g/mol. The predicted molar refractivity (Wildman–Crippen MR) is 86.8 cm³/mol. The van der Waals surface area contributed by atoms with E-state index < -0.39 is 0 Å². The number of aromatic nitrogens is 4. The predicted octanol–water partition coefficient (Wildman–Crippen LogP) is 1.68. The third kappa shape index (κ3) is 3.48. The van der Waals surface area contributed by atoms with Crippen molar-refractivity contribution in [2.75, 3.05) is 19.8 Å². The smallest absolute Gasteiger partial charge is 0.0736 e. The van der Waals surface area contributed by atoms with Gasteiger partial charge in [-0.15, -0.1) is 0 Å². The van der Waals surface area contributed by atoms with Crippen molar-refractivity contribution in [3.8, 4) is 0 Å². The maximum absolute atomic E-state index is 5.97. The van der Waals surface area contributed by atoms with Crippen LogP contribution in [0.15, 0.2) is 18.6 Å². The Labute approximate surface area is 137 Å². The first-order valence-electron chi connectivity index (χ1n) is 8.47. The fraction of sp³-hybridized carbons (Fsp3) is 0.647. The minimum Gasteiger partial charge on any atom is -0.380 e. The van der Waals surface area contributed by atoms with Crippen molar-refractivity contribution in [2.24, 2.45) is 20.0 Å². The molecule has 0 bridgehead atoms. The van der Waals surface area contributed by atoms with Crippen LogP contribution in [0.25, 0.3) is 0 Å². The second-order valence-electron chi connectivity index (χ2n) is 7.08. The van der Waals surface area contributed by atoms with E-state index in [2.05, 4.69) is 27.5 Å². The van der Waals surface area contributed by atoms with E-state index in [1.807, 2.05) is 29.7 Å². The number of hydrogen-bond acceptors (Lipinski definition) is 4. The van der Waals surface area contributed by atoms with Crippen molar-refractivity contribution in [3.05, 3.63) is 35.4 Å². The van der Waals surface area contributed by atoms with Gasteiger partial charge in [0.05, 0.1) is 18.5 Å². The zero-order valence-corrected chi connectivity index (χ0v) is 14.0. The molecule has 1 fully saturated rings. The third-order valence-electron chi connectivity index (χ3n) is 4.73. The summed E-state index contributed by atoms with van der Waals surface area (Å²) >= 11 is 0. The molecule has 2 aliphatic rings. The summed E-state index contributed by atoms with van der Waals surface area (Å²) in [5.74, 6) is 1.18. The zero-order valence-electron chi connectivity index (χ0n) is 14.0. The Morgan fingerprint density at radius 2 is 2.04 bits per heavy atom. The second kappa shape index (κ2) is 6.09.